The van der Waals surface area contributed by atoms with E-state index in [0.717, 1.165) is 4.90 Å². The summed E-state index contributed by atoms with van der Waals surface area (Å²) in [6, 6.07) is 6.57. The lowest BCUT2D eigenvalue weighted by Crippen LogP contribution is -2.43. The van der Waals surface area contributed by atoms with Crippen molar-refractivity contribution in [2.75, 3.05) is 12.4 Å². The lowest BCUT2D eigenvalue weighted by atomic mass is 10.2. The van der Waals surface area contributed by atoms with E-state index >= 15 is 0 Å². The lowest BCUT2D eigenvalue weighted by molar-refractivity contribution is -0.154. The summed E-state index contributed by atoms with van der Waals surface area (Å²) in [7, 11) is 1.36. The smallest absolute Gasteiger partial charge is 0.321 e. The van der Waals surface area contributed by atoms with Crippen molar-refractivity contribution in [2.45, 2.75) is 29.6 Å². The van der Waals surface area contributed by atoms with Gasteiger partial charge in [0, 0.05) is 11.9 Å². The molecule has 4 amide bonds. The molecule has 0 aromatic heterocycles. The molecule has 3 N–H and O–H groups in total. The van der Waals surface area contributed by atoms with Gasteiger partial charge in [-0.25, -0.2) is 4.79 Å². The van der Waals surface area contributed by atoms with E-state index in [-0.39, 0.29) is 12.3 Å². The fraction of sp³-hybridized carbons (Fsp3) is 0.333. The predicted octanol–water partition coefficient (Wildman–Crippen LogP) is 0.877. The Labute approximate surface area is 142 Å². The van der Waals surface area contributed by atoms with Gasteiger partial charge in [-0.2, -0.15) is 0 Å². The van der Waals surface area contributed by atoms with Crippen LogP contribution < -0.4 is 16.0 Å². The fourth-order valence-corrected chi connectivity index (χ4v) is 3.05. The number of carbonyl (C=O) groups is 4. The molecule has 0 spiro atoms. The first-order chi connectivity index (χ1) is 11.4. The number of fused-ring (bicyclic) bond motifs is 1. The number of ether oxygens (including phenoxy) is 1. The second-order valence-corrected chi connectivity index (χ2v) is 6.24. The molecule has 128 valence electrons. The maximum absolute atomic E-state index is 12.0. The van der Waals surface area contributed by atoms with Crippen LogP contribution in [-0.2, 0) is 19.1 Å². The molecule has 0 radical (unpaired) electrons. The van der Waals surface area contributed by atoms with Crippen LogP contribution in [0.3, 0.4) is 0 Å². The Bertz CT molecular complexity index is 679. The van der Waals surface area contributed by atoms with Crippen LogP contribution in [0.4, 0.5) is 10.5 Å². The van der Waals surface area contributed by atoms with Crippen LogP contribution in [0.15, 0.2) is 29.2 Å². The number of esters is 1. The van der Waals surface area contributed by atoms with Gasteiger partial charge in [0.1, 0.15) is 0 Å². The van der Waals surface area contributed by atoms with Gasteiger partial charge in [0.2, 0.25) is 5.91 Å². The van der Waals surface area contributed by atoms with Gasteiger partial charge in [-0.15, -0.1) is 11.8 Å². The topological polar surface area (TPSA) is 114 Å². The van der Waals surface area contributed by atoms with Crippen LogP contribution in [0.1, 0.15) is 13.3 Å². The van der Waals surface area contributed by atoms with Crippen LogP contribution in [0.25, 0.3) is 0 Å². The summed E-state index contributed by atoms with van der Waals surface area (Å²) in [6.07, 6.45) is -1.32. The molecule has 24 heavy (non-hydrogen) atoms. The molecule has 0 saturated carbocycles. The molecule has 0 aliphatic carbocycles. The largest absolute Gasteiger partial charge is 0.452 e. The van der Waals surface area contributed by atoms with Gasteiger partial charge in [-0.05, 0) is 19.1 Å². The van der Waals surface area contributed by atoms with Crippen molar-refractivity contribution in [3.63, 3.8) is 0 Å². The molecular formula is C15H17N3O5S. The summed E-state index contributed by atoms with van der Waals surface area (Å²) in [5, 5.41) is 6.31. The van der Waals surface area contributed by atoms with E-state index in [9.17, 15) is 19.2 Å². The zero-order valence-corrected chi connectivity index (χ0v) is 13.9. The number of benzene rings is 1. The molecule has 0 saturated heterocycles. The minimum Gasteiger partial charge on any atom is -0.452 e. The summed E-state index contributed by atoms with van der Waals surface area (Å²) in [4.78, 5) is 47.5. The Morgan fingerprint density at radius 1 is 1.33 bits per heavy atom. The third kappa shape index (κ3) is 4.48. The highest BCUT2D eigenvalue weighted by Gasteiger charge is 2.30. The van der Waals surface area contributed by atoms with Gasteiger partial charge in [-0.1, -0.05) is 12.1 Å². The van der Waals surface area contributed by atoms with Gasteiger partial charge in [-0.3, -0.25) is 19.7 Å². The Hall–Kier alpha value is -2.55. The van der Waals surface area contributed by atoms with E-state index < -0.39 is 29.3 Å². The van der Waals surface area contributed by atoms with E-state index in [1.54, 1.807) is 12.1 Å². The number of nitrogens with one attached hydrogen (secondary N) is 3. The van der Waals surface area contributed by atoms with Gasteiger partial charge in [0.05, 0.1) is 17.4 Å². The van der Waals surface area contributed by atoms with E-state index in [4.69, 9.17) is 4.74 Å². The summed E-state index contributed by atoms with van der Waals surface area (Å²) in [6.45, 7) is 1.35. The average molecular weight is 351 g/mol. The molecular weight excluding hydrogens is 334 g/mol. The van der Waals surface area contributed by atoms with E-state index in [2.05, 4.69) is 10.6 Å². The third-order valence-corrected chi connectivity index (χ3v) is 4.48. The summed E-state index contributed by atoms with van der Waals surface area (Å²) in [5.74, 6) is -1.73. The van der Waals surface area contributed by atoms with E-state index in [1.807, 2.05) is 17.4 Å². The monoisotopic (exact) mass is 351 g/mol. The summed E-state index contributed by atoms with van der Waals surface area (Å²) < 4.78 is 4.97. The quantitative estimate of drug-likeness (QED) is 0.694. The minimum atomic E-state index is -1.14. The number of hydrogen-bond acceptors (Lipinski definition) is 6. The first-order valence-electron chi connectivity index (χ1n) is 7.19. The van der Waals surface area contributed by atoms with Crippen molar-refractivity contribution >= 4 is 41.3 Å². The molecule has 0 bridgehead atoms. The van der Waals surface area contributed by atoms with Crippen LogP contribution in [0, 0.1) is 0 Å². The minimum absolute atomic E-state index is 0.178. The standard InChI is InChI=1S/C15H17N3O5S/c1-8(13(20)18-15(22)16-2)23-12(19)7-11-14(21)17-9-5-3-4-6-10(9)24-11/h3-6,8,11H,7H2,1-2H3,(H,17,21)(H2,16,18,20,22)/t8-,11-/m0/s1. The van der Waals surface area contributed by atoms with E-state index in [0.29, 0.717) is 5.69 Å². The second-order valence-electron chi connectivity index (χ2n) is 5.00. The van der Waals surface area contributed by atoms with Crippen molar-refractivity contribution in [3.05, 3.63) is 24.3 Å². The van der Waals surface area contributed by atoms with Gasteiger partial charge in [0.25, 0.3) is 5.91 Å². The lowest BCUT2D eigenvalue weighted by Gasteiger charge is -2.23. The number of amides is 4. The normalized spacial score (nSPS) is 17.1. The SMILES string of the molecule is CNC(=O)NC(=O)[C@H](C)OC(=O)C[C@@H]1Sc2ccccc2NC1=O. The fourth-order valence-electron chi connectivity index (χ4n) is 1.95. The van der Waals surface area contributed by atoms with E-state index in [1.165, 1.54) is 25.7 Å². The summed E-state index contributed by atoms with van der Waals surface area (Å²) in [5.41, 5.74) is 0.704. The zero-order chi connectivity index (χ0) is 17.7. The Balaban J connectivity index is 1.89. The van der Waals surface area contributed by atoms with Crippen LogP contribution >= 0.6 is 11.8 Å². The number of para-hydroxylation sites is 1. The number of imide groups is 1. The molecule has 1 aliphatic heterocycles. The average Bonchev–Trinajstić information content (AvgIpc) is 2.55. The maximum Gasteiger partial charge on any atom is 0.321 e. The van der Waals surface area contributed by atoms with Crippen molar-refractivity contribution in [1.82, 2.24) is 10.6 Å². The van der Waals surface area contributed by atoms with Crippen molar-refractivity contribution < 1.29 is 23.9 Å². The van der Waals surface area contributed by atoms with Crippen LogP contribution in [-0.4, -0.2) is 42.2 Å². The number of carbonyl (C=O) groups excluding carboxylic acids is 4. The Kier molecular flexibility index (Phi) is 5.80. The van der Waals surface area contributed by atoms with Gasteiger partial charge >= 0.3 is 12.0 Å². The molecule has 2 rings (SSSR count). The third-order valence-electron chi connectivity index (χ3n) is 3.20. The van der Waals surface area contributed by atoms with Crippen molar-refractivity contribution in [3.8, 4) is 0 Å². The molecule has 1 aliphatic rings. The van der Waals surface area contributed by atoms with Gasteiger partial charge < -0.3 is 15.4 Å². The van der Waals surface area contributed by atoms with Crippen molar-refractivity contribution in [2.24, 2.45) is 0 Å². The molecule has 1 aromatic rings. The van der Waals surface area contributed by atoms with Crippen molar-refractivity contribution in [1.29, 1.82) is 0 Å². The molecule has 1 aromatic carbocycles. The highest BCUT2D eigenvalue weighted by molar-refractivity contribution is 8.01. The molecule has 0 unspecified atom stereocenters. The van der Waals surface area contributed by atoms with Gasteiger partial charge in [0.15, 0.2) is 6.10 Å². The maximum atomic E-state index is 12.0. The van der Waals surface area contributed by atoms with Crippen LogP contribution in [0.2, 0.25) is 0 Å². The molecule has 1 heterocycles. The number of rotatable bonds is 4. The predicted molar refractivity (Wildman–Crippen MR) is 87.5 cm³/mol. The number of hydrogen-bond donors (Lipinski definition) is 3. The number of urea groups is 1. The zero-order valence-electron chi connectivity index (χ0n) is 13.1. The Morgan fingerprint density at radius 2 is 2.04 bits per heavy atom. The molecule has 0 fully saturated rings. The molecule has 9 heteroatoms. The second kappa shape index (κ2) is 7.82. The highest BCUT2D eigenvalue weighted by Crippen LogP contribution is 2.36. The molecule has 8 nitrogen and oxygen atoms in total. The Morgan fingerprint density at radius 3 is 2.75 bits per heavy atom. The summed E-state index contributed by atoms with van der Waals surface area (Å²) >= 11 is 1.27. The first-order valence-corrected chi connectivity index (χ1v) is 8.07. The van der Waals surface area contributed by atoms with Crippen LogP contribution in [0.5, 0.6) is 0 Å². The number of thioether (sulfide) groups is 1. The molecule has 2 atom stereocenters. The first kappa shape index (κ1) is 17.8. The highest BCUT2D eigenvalue weighted by atomic mass is 32.2. The number of anilines is 1.